The lowest BCUT2D eigenvalue weighted by atomic mass is 9.97. The topological polar surface area (TPSA) is 12.9 Å². The van der Waals surface area contributed by atoms with E-state index in [1.165, 1.54) is 68.0 Å². The number of pyridine rings is 1. The number of rotatable bonds is 2. The first-order valence-corrected chi connectivity index (χ1v) is 13.7. The molecule has 0 fully saturated rings. The van der Waals surface area contributed by atoms with Crippen LogP contribution in [0.1, 0.15) is 0 Å². The fourth-order valence-corrected chi connectivity index (χ4v) is 7.83. The van der Waals surface area contributed by atoms with Crippen LogP contribution >= 0.6 is 22.7 Å². The van der Waals surface area contributed by atoms with E-state index in [0.29, 0.717) is 0 Å². The second-order valence-electron chi connectivity index (χ2n) is 9.19. The van der Waals surface area contributed by atoms with Crippen molar-refractivity contribution < 1.29 is 0 Å². The van der Waals surface area contributed by atoms with Crippen LogP contribution < -0.4 is 0 Å². The summed E-state index contributed by atoms with van der Waals surface area (Å²) in [7, 11) is 0. The molecule has 0 saturated heterocycles. The van der Waals surface area contributed by atoms with Crippen LogP contribution in [0.5, 0.6) is 0 Å². The van der Waals surface area contributed by atoms with E-state index in [4.69, 9.17) is 4.98 Å². The lowest BCUT2D eigenvalue weighted by molar-refractivity contribution is 1.45. The molecule has 3 heteroatoms. The molecule has 0 atom stereocenters. The standard InChI is InChI=1S/C33H19NS2/c1-3-13-30-24(9-1)26-12-6-11-23(32(26)35-30)22-8-5-7-20(17-22)21-15-16-27-29(18-21)34-19-28-25-10-2-4-14-31(25)36-33(27)28/h1-19H. The largest absolute Gasteiger partial charge is 0.255 e. The Morgan fingerprint density at radius 2 is 1.11 bits per heavy atom. The van der Waals surface area contributed by atoms with Gasteiger partial charge in [-0.1, -0.05) is 84.9 Å². The van der Waals surface area contributed by atoms with Crippen molar-refractivity contribution in [1.82, 2.24) is 4.98 Å². The molecule has 8 rings (SSSR count). The van der Waals surface area contributed by atoms with Crippen LogP contribution in [0.3, 0.4) is 0 Å². The molecule has 1 nitrogen and oxygen atoms in total. The average Bonchev–Trinajstić information content (AvgIpc) is 3.51. The number of nitrogens with zero attached hydrogens (tertiary/aromatic N) is 1. The fourth-order valence-electron chi connectivity index (χ4n) is 5.38. The van der Waals surface area contributed by atoms with Crippen molar-refractivity contribution in [2.75, 3.05) is 0 Å². The van der Waals surface area contributed by atoms with Gasteiger partial charge in [-0.15, -0.1) is 22.7 Å². The van der Waals surface area contributed by atoms with E-state index in [9.17, 15) is 0 Å². The maximum absolute atomic E-state index is 4.87. The third-order valence-electron chi connectivity index (χ3n) is 7.12. The Balaban J connectivity index is 1.28. The summed E-state index contributed by atoms with van der Waals surface area (Å²) >= 11 is 3.74. The zero-order valence-electron chi connectivity index (χ0n) is 19.2. The van der Waals surface area contributed by atoms with E-state index in [1.807, 2.05) is 28.9 Å². The summed E-state index contributed by atoms with van der Waals surface area (Å²) in [5, 5.41) is 6.43. The van der Waals surface area contributed by atoms with E-state index >= 15 is 0 Å². The minimum absolute atomic E-state index is 1.04. The van der Waals surface area contributed by atoms with Crippen molar-refractivity contribution in [3.63, 3.8) is 0 Å². The van der Waals surface area contributed by atoms with Crippen LogP contribution in [0.2, 0.25) is 0 Å². The smallest absolute Gasteiger partial charge is 0.0722 e. The second kappa shape index (κ2) is 7.72. The lowest BCUT2D eigenvalue weighted by Gasteiger charge is -2.09. The summed E-state index contributed by atoms with van der Waals surface area (Å²) in [5.74, 6) is 0. The van der Waals surface area contributed by atoms with Gasteiger partial charge in [-0.25, -0.2) is 0 Å². The highest BCUT2D eigenvalue weighted by molar-refractivity contribution is 7.27. The van der Waals surface area contributed by atoms with Crippen molar-refractivity contribution in [2.45, 2.75) is 0 Å². The zero-order valence-corrected chi connectivity index (χ0v) is 20.9. The first kappa shape index (κ1) is 20.2. The highest BCUT2D eigenvalue weighted by Crippen LogP contribution is 2.41. The molecule has 5 aromatic carbocycles. The van der Waals surface area contributed by atoms with Gasteiger partial charge in [-0.05, 0) is 46.5 Å². The monoisotopic (exact) mass is 493 g/mol. The molecule has 0 radical (unpaired) electrons. The van der Waals surface area contributed by atoms with Crippen LogP contribution in [0.25, 0.3) is 73.5 Å². The average molecular weight is 494 g/mol. The van der Waals surface area contributed by atoms with Gasteiger partial charge in [0.25, 0.3) is 0 Å². The van der Waals surface area contributed by atoms with Crippen LogP contribution in [0, 0.1) is 0 Å². The van der Waals surface area contributed by atoms with Crippen molar-refractivity contribution in [3.05, 3.63) is 115 Å². The second-order valence-corrected chi connectivity index (χ2v) is 11.3. The number of aromatic nitrogens is 1. The Morgan fingerprint density at radius 1 is 0.444 bits per heavy atom. The maximum atomic E-state index is 4.87. The molecule has 0 unspecified atom stereocenters. The van der Waals surface area contributed by atoms with Crippen LogP contribution in [0.4, 0.5) is 0 Å². The molecule has 0 N–H and O–H groups in total. The highest BCUT2D eigenvalue weighted by atomic mass is 32.1. The summed E-state index contributed by atoms with van der Waals surface area (Å²) < 4.78 is 5.32. The van der Waals surface area contributed by atoms with Gasteiger partial charge in [0, 0.05) is 51.9 Å². The van der Waals surface area contributed by atoms with Gasteiger partial charge in [0.05, 0.1) is 5.52 Å². The predicted molar refractivity (Wildman–Crippen MR) is 158 cm³/mol. The summed E-state index contributed by atoms with van der Waals surface area (Å²) in [4.78, 5) is 4.87. The zero-order chi connectivity index (χ0) is 23.6. The van der Waals surface area contributed by atoms with Crippen molar-refractivity contribution in [2.24, 2.45) is 0 Å². The van der Waals surface area contributed by atoms with Gasteiger partial charge in [-0.3, -0.25) is 4.98 Å². The molecule has 8 aromatic rings. The molecular weight excluding hydrogens is 475 g/mol. The quantitative estimate of drug-likeness (QED) is 0.233. The predicted octanol–water partition coefficient (Wildman–Crippen LogP) is 10.3. The minimum Gasteiger partial charge on any atom is -0.255 e. The molecule has 0 aliphatic carbocycles. The van der Waals surface area contributed by atoms with Crippen molar-refractivity contribution in [1.29, 1.82) is 0 Å². The fraction of sp³-hybridized carbons (Fsp3) is 0. The van der Waals surface area contributed by atoms with Crippen molar-refractivity contribution >= 4 is 73.9 Å². The van der Waals surface area contributed by atoms with E-state index in [0.717, 1.165) is 5.52 Å². The van der Waals surface area contributed by atoms with Crippen LogP contribution in [-0.2, 0) is 0 Å². The Morgan fingerprint density at radius 3 is 1.97 bits per heavy atom. The molecule has 0 amide bonds. The summed E-state index contributed by atoms with van der Waals surface area (Å²) in [6.07, 6.45) is 2.04. The number of benzene rings is 5. The number of fused-ring (bicyclic) bond motifs is 8. The molecule has 0 spiro atoms. The molecule has 0 saturated carbocycles. The number of hydrogen-bond donors (Lipinski definition) is 0. The molecule has 3 aromatic heterocycles. The molecule has 36 heavy (non-hydrogen) atoms. The van der Waals surface area contributed by atoms with Gasteiger partial charge in [-0.2, -0.15) is 0 Å². The molecular formula is C33H19NS2. The maximum Gasteiger partial charge on any atom is 0.0722 e. The molecule has 0 aliphatic rings. The van der Waals surface area contributed by atoms with Gasteiger partial charge in [0.2, 0.25) is 0 Å². The SMILES string of the molecule is c1cc(-c2ccc3c(c2)ncc2c4ccccc4sc32)cc(-c2cccc3c2sc2ccccc23)c1. The summed E-state index contributed by atoms with van der Waals surface area (Å²) in [6.45, 7) is 0. The molecule has 3 heterocycles. The number of hydrogen-bond acceptors (Lipinski definition) is 3. The van der Waals surface area contributed by atoms with E-state index < -0.39 is 0 Å². The first-order valence-electron chi connectivity index (χ1n) is 12.0. The normalized spacial score (nSPS) is 11.9. The Hall–Kier alpha value is -4.05. The summed E-state index contributed by atoms with van der Waals surface area (Å²) in [6, 6.07) is 39.6. The Kier molecular flexibility index (Phi) is 4.33. The minimum atomic E-state index is 1.04. The van der Waals surface area contributed by atoms with E-state index in [-0.39, 0.29) is 0 Å². The highest BCUT2D eigenvalue weighted by Gasteiger charge is 2.12. The van der Waals surface area contributed by atoms with E-state index in [2.05, 4.69) is 109 Å². The van der Waals surface area contributed by atoms with Crippen LogP contribution in [-0.4, -0.2) is 4.98 Å². The van der Waals surface area contributed by atoms with E-state index in [1.54, 1.807) is 0 Å². The Labute approximate surface area is 215 Å². The molecule has 0 bridgehead atoms. The van der Waals surface area contributed by atoms with Gasteiger partial charge >= 0.3 is 0 Å². The van der Waals surface area contributed by atoms with Gasteiger partial charge < -0.3 is 0 Å². The third-order valence-corrected chi connectivity index (χ3v) is 9.56. The number of thiophene rings is 2. The molecule has 168 valence electrons. The third kappa shape index (κ3) is 2.97. The first-order chi connectivity index (χ1) is 17.8. The van der Waals surface area contributed by atoms with Gasteiger partial charge in [0.15, 0.2) is 0 Å². The van der Waals surface area contributed by atoms with Crippen molar-refractivity contribution in [3.8, 4) is 22.3 Å². The molecule has 0 aliphatic heterocycles. The van der Waals surface area contributed by atoms with Crippen LogP contribution in [0.15, 0.2) is 115 Å². The van der Waals surface area contributed by atoms with Gasteiger partial charge in [0.1, 0.15) is 0 Å². The Bertz CT molecular complexity index is 2110. The lowest BCUT2D eigenvalue weighted by Crippen LogP contribution is -1.84. The summed E-state index contributed by atoms with van der Waals surface area (Å²) in [5.41, 5.74) is 5.99.